The van der Waals surface area contributed by atoms with Crippen molar-refractivity contribution in [2.75, 3.05) is 6.54 Å². The van der Waals surface area contributed by atoms with E-state index in [2.05, 4.69) is 26.7 Å². The molecule has 0 radical (unpaired) electrons. The molecule has 0 saturated carbocycles. The Bertz CT molecular complexity index is 920. The van der Waals surface area contributed by atoms with Crippen LogP contribution in [0.5, 0.6) is 0 Å². The molecule has 7 heteroatoms. The van der Waals surface area contributed by atoms with Gasteiger partial charge in [-0.1, -0.05) is 18.2 Å². The Morgan fingerprint density at radius 1 is 1.29 bits per heavy atom. The van der Waals surface area contributed by atoms with Gasteiger partial charge in [0, 0.05) is 31.2 Å². The number of primary amides is 1. The molecule has 1 aromatic carbocycles. The third-order valence-electron chi connectivity index (χ3n) is 5.30. The van der Waals surface area contributed by atoms with Crippen molar-refractivity contribution in [1.29, 1.82) is 0 Å². The molecule has 0 fully saturated rings. The maximum atomic E-state index is 11.1. The van der Waals surface area contributed by atoms with Gasteiger partial charge in [-0.25, -0.2) is 9.78 Å². The van der Waals surface area contributed by atoms with E-state index in [-0.39, 0.29) is 12.1 Å². The van der Waals surface area contributed by atoms with E-state index in [0.717, 1.165) is 54.7 Å². The summed E-state index contributed by atoms with van der Waals surface area (Å²) < 4.78 is 0. The van der Waals surface area contributed by atoms with Crippen LogP contribution in [-0.4, -0.2) is 33.6 Å². The topological polar surface area (TPSA) is 109 Å². The van der Waals surface area contributed by atoms with Crippen LogP contribution < -0.4 is 16.4 Å². The monoisotopic (exact) mass is 378 g/mol. The van der Waals surface area contributed by atoms with Crippen molar-refractivity contribution in [3.63, 3.8) is 0 Å². The minimum Gasteiger partial charge on any atom is -0.352 e. The predicted molar refractivity (Wildman–Crippen MR) is 109 cm³/mol. The number of urea groups is 1. The lowest BCUT2D eigenvalue weighted by Crippen LogP contribution is -2.40. The van der Waals surface area contributed by atoms with Crippen molar-refractivity contribution in [3.8, 4) is 0 Å². The van der Waals surface area contributed by atoms with E-state index in [1.165, 1.54) is 5.56 Å². The molecule has 4 rings (SSSR count). The summed E-state index contributed by atoms with van der Waals surface area (Å²) in [6.45, 7) is 0.523. The number of rotatable bonds is 7. The fraction of sp³-hybridized carbons (Fsp3) is 0.381. The lowest BCUT2D eigenvalue weighted by Gasteiger charge is -2.29. The number of carbonyl (C=O) groups excluding carboxylic acids is 1. The van der Waals surface area contributed by atoms with Gasteiger partial charge < -0.3 is 21.4 Å². The van der Waals surface area contributed by atoms with Crippen LogP contribution in [0.3, 0.4) is 0 Å². The number of imidazole rings is 1. The second-order valence-electron chi connectivity index (χ2n) is 7.34. The first-order valence-electron chi connectivity index (χ1n) is 9.86. The average molecular weight is 378 g/mol. The Morgan fingerprint density at radius 2 is 2.18 bits per heavy atom. The van der Waals surface area contributed by atoms with Gasteiger partial charge in [0.15, 0.2) is 0 Å². The molecule has 0 bridgehead atoms. The molecule has 1 aliphatic carbocycles. The molecule has 5 N–H and O–H groups in total. The molecule has 0 spiro atoms. The Kier molecular flexibility index (Phi) is 5.53. The van der Waals surface area contributed by atoms with E-state index in [4.69, 9.17) is 10.7 Å². The van der Waals surface area contributed by atoms with E-state index in [1.54, 1.807) is 0 Å². The van der Waals surface area contributed by atoms with Crippen LogP contribution in [0.2, 0.25) is 0 Å². The van der Waals surface area contributed by atoms with Gasteiger partial charge in [0.1, 0.15) is 5.82 Å². The molecule has 2 atom stereocenters. The largest absolute Gasteiger partial charge is 0.352 e. The number of fused-ring (bicyclic) bond motifs is 2. The number of amides is 2. The molecule has 146 valence electrons. The number of hydrogen-bond acceptors (Lipinski definition) is 4. The van der Waals surface area contributed by atoms with E-state index < -0.39 is 6.03 Å². The zero-order valence-corrected chi connectivity index (χ0v) is 15.8. The first kappa shape index (κ1) is 18.4. The summed E-state index contributed by atoms with van der Waals surface area (Å²) in [4.78, 5) is 23.8. The van der Waals surface area contributed by atoms with Crippen molar-refractivity contribution >= 4 is 17.1 Å². The average Bonchev–Trinajstić information content (AvgIpc) is 3.10. The molecule has 2 heterocycles. The second-order valence-corrected chi connectivity index (χ2v) is 7.34. The van der Waals surface area contributed by atoms with E-state index in [1.807, 2.05) is 36.5 Å². The third kappa shape index (κ3) is 4.31. The number of aromatic nitrogens is 3. The summed E-state index contributed by atoms with van der Waals surface area (Å²) in [6, 6.07) is 12.1. The quantitative estimate of drug-likeness (QED) is 0.507. The fourth-order valence-electron chi connectivity index (χ4n) is 4.01. The first-order chi connectivity index (χ1) is 13.7. The van der Waals surface area contributed by atoms with Gasteiger partial charge in [0.05, 0.1) is 16.7 Å². The SMILES string of the molecule is NC(=O)NCCC(Cc1nc2ccccc2[nH]1)NC1CCCc2cccnc21. The Labute approximate surface area is 164 Å². The number of nitrogens with two attached hydrogens (primary N) is 1. The van der Waals surface area contributed by atoms with Gasteiger partial charge in [-0.15, -0.1) is 0 Å². The van der Waals surface area contributed by atoms with E-state index in [9.17, 15) is 4.79 Å². The van der Waals surface area contributed by atoms with Crippen LogP contribution in [0.4, 0.5) is 4.79 Å². The van der Waals surface area contributed by atoms with Crippen LogP contribution in [0.25, 0.3) is 11.0 Å². The van der Waals surface area contributed by atoms with Crippen LogP contribution in [0, 0.1) is 0 Å². The third-order valence-corrected chi connectivity index (χ3v) is 5.30. The lowest BCUT2D eigenvalue weighted by molar-refractivity contribution is 0.248. The predicted octanol–water partition coefficient (Wildman–Crippen LogP) is 2.59. The summed E-state index contributed by atoms with van der Waals surface area (Å²) in [5.74, 6) is 0.940. The molecule has 28 heavy (non-hydrogen) atoms. The van der Waals surface area contributed by atoms with Crippen LogP contribution in [0.1, 0.15) is 42.4 Å². The number of nitrogens with one attached hydrogen (secondary N) is 3. The van der Waals surface area contributed by atoms with Crippen molar-refractivity contribution in [1.82, 2.24) is 25.6 Å². The maximum absolute atomic E-state index is 11.1. The molecule has 2 amide bonds. The highest BCUT2D eigenvalue weighted by molar-refractivity contribution is 5.74. The van der Waals surface area contributed by atoms with Crippen molar-refractivity contribution in [2.24, 2.45) is 5.73 Å². The van der Waals surface area contributed by atoms with E-state index in [0.29, 0.717) is 6.54 Å². The molecule has 0 aliphatic heterocycles. The Balaban J connectivity index is 1.51. The molecule has 3 aromatic rings. The van der Waals surface area contributed by atoms with Crippen molar-refractivity contribution in [3.05, 3.63) is 59.7 Å². The number of nitrogens with zero attached hydrogens (tertiary/aromatic N) is 2. The summed E-state index contributed by atoms with van der Waals surface area (Å²) in [5.41, 5.74) is 9.71. The summed E-state index contributed by atoms with van der Waals surface area (Å²) >= 11 is 0. The van der Waals surface area contributed by atoms with Crippen LogP contribution in [0.15, 0.2) is 42.6 Å². The highest BCUT2D eigenvalue weighted by atomic mass is 16.2. The maximum Gasteiger partial charge on any atom is 0.312 e. The molecule has 7 nitrogen and oxygen atoms in total. The second kappa shape index (κ2) is 8.39. The Morgan fingerprint density at radius 3 is 3.04 bits per heavy atom. The van der Waals surface area contributed by atoms with E-state index >= 15 is 0 Å². The van der Waals surface area contributed by atoms with Crippen molar-refractivity contribution < 1.29 is 4.79 Å². The Hall–Kier alpha value is -2.93. The number of H-pyrrole nitrogens is 1. The van der Waals surface area contributed by atoms with Gasteiger partial charge in [0.2, 0.25) is 0 Å². The number of pyridine rings is 1. The van der Waals surface area contributed by atoms with Gasteiger partial charge >= 0.3 is 6.03 Å². The first-order valence-corrected chi connectivity index (χ1v) is 9.86. The fourth-order valence-corrected chi connectivity index (χ4v) is 4.01. The highest BCUT2D eigenvalue weighted by Crippen LogP contribution is 2.28. The van der Waals surface area contributed by atoms with Gasteiger partial charge in [-0.3, -0.25) is 4.98 Å². The minimum absolute atomic E-state index is 0.144. The number of carbonyl (C=O) groups is 1. The number of aryl methyl sites for hydroxylation is 1. The van der Waals surface area contributed by atoms with Gasteiger partial charge in [0.25, 0.3) is 0 Å². The standard InChI is InChI=1S/C21H26N6O/c22-21(28)24-12-10-15(13-19-26-16-7-1-2-8-17(16)27-19)25-18-9-3-5-14-6-4-11-23-20(14)18/h1-2,4,6-8,11,15,18,25H,3,5,9-10,12-13H2,(H,26,27)(H3,22,24,28). The molecule has 2 aromatic heterocycles. The zero-order chi connectivity index (χ0) is 19.3. The summed E-state index contributed by atoms with van der Waals surface area (Å²) in [5, 5.41) is 6.46. The molecule has 2 unspecified atom stereocenters. The smallest absolute Gasteiger partial charge is 0.312 e. The molecular weight excluding hydrogens is 352 g/mol. The van der Waals surface area contributed by atoms with Gasteiger partial charge in [-0.05, 0) is 49.4 Å². The summed E-state index contributed by atoms with van der Waals surface area (Å²) in [6.07, 6.45) is 6.66. The minimum atomic E-state index is -0.493. The normalized spacial score (nSPS) is 17.2. The van der Waals surface area contributed by atoms with Crippen LogP contribution in [-0.2, 0) is 12.8 Å². The van der Waals surface area contributed by atoms with Crippen molar-refractivity contribution in [2.45, 2.75) is 44.2 Å². The zero-order valence-electron chi connectivity index (χ0n) is 15.8. The summed E-state index contributed by atoms with van der Waals surface area (Å²) in [7, 11) is 0. The molecule has 1 aliphatic rings. The van der Waals surface area contributed by atoms with Crippen LogP contribution >= 0.6 is 0 Å². The van der Waals surface area contributed by atoms with Gasteiger partial charge in [-0.2, -0.15) is 0 Å². The highest BCUT2D eigenvalue weighted by Gasteiger charge is 2.24. The lowest BCUT2D eigenvalue weighted by atomic mass is 9.91. The number of hydrogen-bond donors (Lipinski definition) is 4. The molecular formula is C21H26N6O. The molecule has 0 saturated heterocycles. The number of benzene rings is 1. The number of para-hydroxylation sites is 2. The number of aromatic amines is 1.